The number of cyclic esters (lactones) is 1. The molecule has 14 atom stereocenters. The minimum atomic E-state index is -3.23. The third kappa shape index (κ3) is 11.1. The van der Waals surface area contributed by atoms with Crippen LogP contribution >= 0.6 is 0 Å². The summed E-state index contributed by atoms with van der Waals surface area (Å²) in [5, 5.41) is 1.26. The van der Waals surface area contributed by atoms with E-state index in [2.05, 4.69) is 15.4 Å². The van der Waals surface area contributed by atoms with Gasteiger partial charge in [-0.1, -0.05) is 45.9 Å². The number of Topliss-reactive ketones (excluding diaryl/α,β-unsaturated/α-hetero) is 2. The van der Waals surface area contributed by atoms with E-state index in [1.165, 1.54) is 19.0 Å². The van der Waals surface area contributed by atoms with Crippen molar-refractivity contribution in [2.45, 2.75) is 147 Å². The molecule has 67 heavy (non-hydrogen) atoms. The molecule has 3 aliphatic rings. The molecule has 0 spiro atoms. The van der Waals surface area contributed by atoms with Gasteiger partial charge in [0, 0.05) is 61.6 Å². The highest BCUT2D eigenvalue weighted by atomic mass is 19.1. The number of hydrazine groups is 1. The number of hydrogen-bond donors (Lipinski definition) is 1. The summed E-state index contributed by atoms with van der Waals surface area (Å²) in [7, 11) is 5.06. The fourth-order valence-electron chi connectivity index (χ4n) is 9.67. The number of imidazole rings is 1. The van der Waals surface area contributed by atoms with Crippen LogP contribution in [-0.2, 0) is 42.8 Å². The standard InChI is InChI=1S/C49H67FN6O11/c1-12-37-41-38(56(47(61)66-41)53-22-20-29(3)55-26-35(52-27-55)34-19-16-21-51-25-34)31(5)39(57)28(2)24-48(7,62-11)43(32(6)42(58)49(8,50)46(60)64-37)67-45-40(36(54(9)10)23-30(4)63-45)65-44(59)33-17-14-13-15-18-33/h13-19,21,25-32,36-38,40-41,43,45,53H,12,20,22-24H2,1-11H3/t28-,29?,30?,31-,32?,36?,37-,38-,40-,41?,43-,45?,48+,49+/m1/s1. The largest absolute Gasteiger partial charge is 0.456 e. The lowest BCUT2D eigenvalue weighted by molar-refractivity contribution is -0.294. The lowest BCUT2D eigenvalue weighted by Crippen LogP contribution is -2.61. The van der Waals surface area contributed by atoms with E-state index in [1.54, 1.807) is 76.7 Å². The highest BCUT2D eigenvalue weighted by Gasteiger charge is 2.57. The molecule has 3 aromatic rings. The number of ether oxygens (including phenoxy) is 6. The Labute approximate surface area is 392 Å². The average molecular weight is 935 g/mol. The summed E-state index contributed by atoms with van der Waals surface area (Å²) in [5.41, 5.74) is 0.324. The van der Waals surface area contributed by atoms with Gasteiger partial charge in [0.25, 0.3) is 5.67 Å². The van der Waals surface area contributed by atoms with Crippen LogP contribution in [0.1, 0.15) is 97.5 Å². The fraction of sp³-hybridized carbons (Fsp3) is 0.612. The van der Waals surface area contributed by atoms with Crippen molar-refractivity contribution in [2.75, 3.05) is 27.7 Å². The second kappa shape index (κ2) is 21.4. The highest BCUT2D eigenvalue weighted by molar-refractivity contribution is 6.08. The van der Waals surface area contributed by atoms with Gasteiger partial charge in [-0.3, -0.25) is 14.6 Å². The van der Waals surface area contributed by atoms with Gasteiger partial charge in [0.15, 0.2) is 24.3 Å². The maximum Gasteiger partial charge on any atom is 0.425 e. The number of nitrogens with one attached hydrogen (secondary N) is 1. The van der Waals surface area contributed by atoms with Gasteiger partial charge in [0.1, 0.15) is 17.9 Å². The van der Waals surface area contributed by atoms with Crippen LogP contribution in [0.25, 0.3) is 11.3 Å². The smallest absolute Gasteiger partial charge is 0.425 e. The molecule has 17 nitrogen and oxygen atoms in total. The average Bonchev–Trinajstić information content (AvgIpc) is 3.94. The van der Waals surface area contributed by atoms with Gasteiger partial charge < -0.3 is 37.9 Å². The Morgan fingerprint density at radius 2 is 1.75 bits per heavy atom. The molecule has 6 unspecified atom stereocenters. The summed E-state index contributed by atoms with van der Waals surface area (Å²) < 4.78 is 56.3. The molecule has 3 aliphatic heterocycles. The Morgan fingerprint density at radius 3 is 2.39 bits per heavy atom. The van der Waals surface area contributed by atoms with Crippen LogP contribution in [-0.4, -0.2) is 142 Å². The van der Waals surface area contributed by atoms with Gasteiger partial charge in [0.05, 0.1) is 41.4 Å². The third-order valence-electron chi connectivity index (χ3n) is 13.7. The van der Waals surface area contributed by atoms with E-state index < -0.39 is 102 Å². The van der Waals surface area contributed by atoms with Gasteiger partial charge in [-0.15, -0.1) is 0 Å². The molecule has 1 N–H and O–H groups in total. The Kier molecular flexibility index (Phi) is 16.4. The SMILES string of the molecule is CC[C@H]1OC(=O)[C@@](C)(F)C(=O)C(C)[C@@H](OC2OC(C)CC(N(C)C)[C@H]2OC(=O)c2ccccc2)[C@@](C)(OC)C[C@@H](C)C(=O)[C@H](C)[C@@H]2C1OC(=O)N2NCCC(C)n1cnc(-c2cccnc2)c1. The number of halogens is 1. The minimum absolute atomic E-state index is 0.0576. The predicted molar refractivity (Wildman–Crippen MR) is 243 cm³/mol. The summed E-state index contributed by atoms with van der Waals surface area (Å²) in [6.45, 7) is 13.1. The number of fused-ring (bicyclic) bond motifs is 1. The lowest BCUT2D eigenvalue weighted by Gasteiger charge is -2.47. The van der Waals surface area contributed by atoms with Gasteiger partial charge >= 0.3 is 18.0 Å². The van der Waals surface area contributed by atoms with E-state index in [1.807, 2.05) is 55.7 Å². The molecular weight excluding hydrogens is 868 g/mol. The Morgan fingerprint density at radius 1 is 1.03 bits per heavy atom. The molecule has 0 aliphatic carbocycles. The fourth-order valence-corrected chi connectivity index (χ4v) is 9.67. The quantitative estimate of drug-likeness (QED) is 0.116. The number of alkyl halides is 1. The molecule has 0 saturated carbocycles. The number of rotatable bonds is 13. The van der Waals surface area contributed by atoms with Crippen molar-refractivity contribution in [3.05, 3.63) is 72.9 Å². The minimum Gasteiger partial charge on any atom is -0.456 e. The molecule has 1 amide bonds. The molecule has 366 valence electrons. The van der Waals surface area contributed by atoms with Crippen molar-refractivity contribution in [3.8, 4) is 11.3 Å². The van der Waals surface area contributed by atoms with Gasteiger partial charge in [-0.2, -0.15) is 0 Å². The van der Waals surface area contributed by atoms with E-state index in [-0.39, 0.29) is 31.2 Å². The van der Waals surface area contributed by atoms with Crippen LogP contribution in [0.4, 0.5) is 9.18 Å². The van der Waals surface area contributed by atoms with Gasteiger partial charge in [-0.25, -0.2) is 34.2 Å². The van der Waals surface area contributed by atoms with E-state index in [0.717, 1.165) is 18.2 Å². The summed E-state index contributed by atoms with van der Waals surface area (Å²) in [5.74, 6) is -6.76. The molecule has 0 bridgehead atoms. The Balaban J connectivity index is 1.31. The van der Waals surface area contributed by atoms with Gasteiger partial charge in [-0.05, 0) is 91.7 Å². The number of likely N-dealkylation sites (N-methyl/N-ethyl adjacent to an activating group) is 1. The molecule has 18 heteroatoms. The molecule has 0 radical (unpaired) electrons. The summed E-state index contributed by atoms with van der Waals surface area (Å²) in [4.78, 5) is 81.4. The first-order valence-corrected chi connectivity index (χ1v) is 23.2. The molecule has 1 aromatic carbocycles. The summed E-state index contributed by atoms with van der Waals surface area (Å²) >= 11 is 0. The topological polar surface area (TPSA) is 190 Å². The van der Waals surface area contributed by atoms with Crippen LogP contribution < -0.4 is 5.43 Å². The zero-order valence-electron chi connectivity index (χ0n) is 40.4. The lowest BCUT2D eigenvalue weighted by atomic mass is 9.75. The van der Waals surface area contributed by atoms with Crippen molar-refractivity contribution >= 4 is 29.6 Å². The van der Waals surface area contributed by atoms with Crippen LogP contribution in [0, 0.1) is 17.8 Å². The number of carbonyl (C=O) groups excluding carboxylic acids is 5. The maximum absolute atomic E-state index is 17.1. The first kappa shape index (κ1) is 51.3. The summed E-state index contributed by atoms with van der Waals surface area (Å²) in [6, 6.07) is 10.7. The monoisotopic (exact) mass is 934 g/mol. The number of hydrogen-bond acceptors (Lipinski definition) is 15. The van der Waals surface area contributed by atoms with E-state index in [4.69, 9.17) is 28.4 Å². The van der Waals surface area contributed by atoms with Crippen LogP contribution in [0.15, 0.2) is 67.4 Å². The second-order valence-corrected chi connectivity index (χ2v) is 18.9. The number of benzene rings is 1. The van der Waals surface area contributed by atoms with Crippen molar-refractivity contribution in [3.63, 3.8) is 0 Å². The summed E-state index contributed by atoms with van der Waals surface area (Å²) in [6.07, 6.45) is 0.596. The molecular formula is C49H67FN6O11. The maximum atomic E-state index is 17.1. The van der Waals surface area contributed by atoms with Crippen molar-refractivity contribution in [1.29, 1.82) is 0 Å². The van der Waals surface area contributed by atoms with Gasteiger partial charge in [0.2, 0.25) is 0 Å². The number of carbonyl (C=O) groups is 5. The van der Waals surface area contributed by atoms with Crippen LogP contribution in [0.3, 0.4) is 0 Å². The number of aromatic nitrogens is 3. The first-order valence-electron chi connectivity index (χ1n) is 23.2. The van der Waals surface area contributed by atoms with Crippen molar-refractivity contribution in [2.24, 2.45) is 17.8 Å². The number of pyridine rings is 1. The van der Waals surface area contributed by atoms with E-state index >= 15 is 4.39 Å². The van der Waals surface area contributed by atoms with Crippen molar-refractivity contribution in [1.82, 2.24) is 29.9 Å². The molecule has 2 aromatic heterocycles. The number of nitrogens with zero attached hydrogens (tertiary/aromatic N) is 5. The molecule has 3 fully saturated rings. The number of amides is 1. The molecule has 6 rings (SSSR count). The van der Waals surface area contributed by atoms with Crippen molar-refractivity contribution < 1.29 is 56.8 Å². The predicted octanol–water partition coefficient (Wildman–Crippen LogP) is 6.17. The van der Waals surface area contributed by atoms with Crippen LogP contribution in [0.5, 0.6) is 0 Å². The normalized spacial score (nSPS) is 33.7. The molecule has 5 heterocycles. The number of esters is 2. The molecule has 3 saturated heterocycles. The number of ketones is 2. The number of methoxy groups -OCH3 is 1. The van der Waals surface area contributed by atoms with E-state index in [9.17, 15) is 24.0 Å². The third-order valence-corrected chi connectivity index (χ3v) is 13.7. The van der Waals surface area contributed by atoms with Crippen LogP contribution in [0.2, 0.25) is 0 Å². The Bertz CT molecular complexity index is 2190. The highest BCUT2D eigenvalue weighted by Crippen LogP contribution is 2.40. The Hall–Kier alpha value is -5.14. The zero-order valence-corrected chi connectivity index (χ0v) is 40.4. The van der Waals surface area contributed by atoms with E-state index in [0.29, 0.717) is 18.4 Å². The zero-order chi connectivity index (χ0) is 49.0. The first-order chi connectivity index (χ1) is 31.7. The second-order valence-electron chi connectivity index (χ2n) is 18.9.